The highest BCUT2D eigenvalue weighted by molar-refractivity contribution is 4.72. The van der Waals surface area contributed by atoms with Gasteiger partial charge >= 0.3 is 0 Å². The maximum absolute atomic E-state index is 2.38. The molecule has 0 nitrogen and oxygen atoms in total. The Hall–Kier alpha value is 0. The van der Waals surface area contributed by atoms with Crippen molar-refractivity contribution >= 4 is 0 Å². The van der Waals surface area contributed by atoms with Crippen molar-refractivity contribution in [1.82, 2.24) is 0 Å². The lowest BCUT2D eigenvalue weighted by atomic mass is 9.78. The van der Waals surface area contributed by atoms with Gasteiger partial charge in [0.1, 0.15) is 0 Å². The van der Waals surface area contributed by atoms with Gasteiger partial charge < -0.3 is 0 Å². The summed E-state index contributed by atoms with van der Waals surface area (Å²) >= 11 is 0. The Morgan fingerprint density at radius 3 is 1.13 bits per heavy atom. The first kappa shape index (κ1) is 17.4. The Bertz CT molecular complexity index is 111. The Labute approximate surface area is 98.9 Å². The maximum atomic E-state index is 2.38. The molecule has 0 aromatic heterocycles. The monoisotopic (exact) mass is 214 g/mol. The van der Waals surface area contributed by atoms with Crippen molar-refractivity contribution in [3.05, 3.63) is 0 Å². The minimum absolute atomic E-state index is 0.500. The van der Waals surface area contributed by atoms with Crippen molar-refractivity contribution in [3.63, 3.8) is 0 Å². The molecule has 0 N–H and O–H groups in total. The van der Waals surface area contributed by atoms with Gasteiger partial charge in [-0.25, -0.2) is 0 Å². The summed E-state index contributed by atoms with van der Waals surface area (Å²) in [7, 11) is 0. The van der Waals surface area contributed by atoms with E-state index < -0.39 is 0 Å². The molecule has 0 amide bonds. The van der Waals surface area contributed by atoms with E-state index in [1.165, 1.54) is 32.1 Å². The Balaban J connectivity index is 0. The van der Waals surface area contributed by atoms with Crippen molar-refractivity contribution in [2.75, 3.05) is 0 Å². The zero-order chi connectivity index (χ0) is 12.5. The lowest BCUT2D eigenvalue weighted by Crippen LogP contribution is -2.14. The molecule has 0 aromatic rings. The third-order valence-electron chi connectivity index (χ3n) is 2.21. The highest BCUT2D eigenvalue weighted by Gasteiger charge is 2.19. The van der Waals surface area contributed by atoms with E-state index in [0.29, 0.717) is 10.8 Å². The van der Waals surface area contributed by atoms with Gasteiger partial charge in [-0.3, -0.25) is 0 Å². The lowest BCUT2D eigenvalue weighted by Gasteiger charge is -2.28. The summed E-state index contributed by atoms with van der Waals surface area (Å²) in [5.41, 5.74) is 1.18. The first-order valence-corrected chi connectivity index (χ1v) is 6.71. The molecule has 1 saturated carbocycles. The van der Waals surface area contributed by atoms with Gasteiger partial charge in [-0.15, -0.1) is 0 Å². The zero-order valence-corrected chi connectivity index (χ0v) is 12.5. The van der Waals surface area contributed by atoms with Crippen molar-refractivity contribution in [3.8, 4) is 0 Å². The fourth-order valence-corrected chi connectivity index (χ4v) is 1.51. The Morgan fingerprint density at radius 1 is 0.733 bits per heavy atom. The Morgan fingerprint density at radius 2 is 1.00 bits per heavy atom. The average molecular weight is 214 g/mol. The SMILES string of the molecule is CC.CC(C)(C)C.CC1(C)CCCCC1. The van der Waals surface area contributed by atoms with E-state index >= 15 is 0 Å². The first-order chi connectivity index (χ1) is 6.71. The van der Waals surface area contributed by atoms with Crippen LogP contribution in [0.15, 0.2) is 0 Å². The fraction of sp³-hybridized carbons (Fsp3) is 1.00. The van der Waals surface area contributed by atoms with Gasteiger partial charge in [0.25, 0.3) is 0 Å². The van der Waals surface area contributed by atoms with E-state index in [1.807, 2.05) is 13.8 Å². The minimum atomic E-state index is 0.500. The molecule has 0 heterocycles. The summed E-state index contributed by atoms with van der Waals surface area (Å²) in [5.74, 6) is 0. The third kappa shape index (κ3) is 20.2. The van der Waals surface area contributed by atoms with Gasteiger partial charge in [-0.2, -0.15) is 0 Å². The standard InChI is InChI=1S/C8H16.C5H12.C2H6/c1-8(2)6-4-3-5-7-8;1-5(2,3)4;1-2/h3-7H2,1-2H3;1-4H3;1-2H3. The number of hydrogen-bond acceptors (Lipinski definition) is 0. The van der Waals surface area contributed by atoms with E-state index in [1.54, 1.807) is 0 Å². The predicted octanol–water partition coefficient (Wildman–Crippen LogP) is 6.06. The Kier molecular flexibility index (Phi) is 9.49. The fourth-order valence-electron chi connectivity index (χ4n) is 1.51. The van der Waals surface area contributed by atoms with Crippen LogP contribution < -0.4 is 0 Å². The van der Waals surface area contributed by atoms with E-state index in [4.69, 9.17) is 0 Å². The third-order valence-corrected chi connectivity index (χ3v) is 2.21. The zero-order valence-electron chi connectivity index (χ0n) is 12.5. The van der Waals surface area contributed by atoms with E-state index in [2.05, 4.69) is 41.5 Å². The van der Waals surface area contributed by atoms with Crippen LogP contribution in [0.5, 0.6) is 0 Å². The van der Waals surface area contributed by atoms with Gasteiger partial charge in [0.15, 0.2) is 0 Å². The van der Waals surface area contributed by atoms with Crippen LogP contribution in [0.2, 0.25) is 0 Å². The summed E-state index contributed by atoms with van der Waals surface area (Å²) in [6, 6.07) is 0. The molecular weight excluding hydrogens is 180 g/mol. The molecule has 1 aliphatic carbocycles. The predicted molar refractivity (Wildman–Crippen MR) is 73.3 cm³/mol. The molecule has 1 rings (SSSR count). The second-order valence-corrected chi connectivity index (χ2v) is 6.72. The van der Waals surface area contributed by atoms with Crippen LogP contribution in [0.4, 0.5) is 0 Å². The second-order valence-electron chi connectivity index (χ2n) is 6.72. The highest BCUT2D eigenvalue weighted by atomic mass is 14.3. The lowest BCUT2D eigenvalue weighted by molar-refractivity contribution is 0.244. The molecule has 0 aliphatic heterocycles. The smallest absolute Gasteiger partial charge is 0.0354 e. The molecule has 0 radical (unpaired) electrons. The molecule has 1 fully saturated rings. The molecule has 0 unspecified atom stereocenters. The van der Waals surface area contributed by atoms with Crippen LogP contribution in [0, 0.1) is 10.8 Å². The molecule has 15 heavy (non-hydrogen) atoms. The van der Waals surface area contributed by atoms with Crippen LogP contribution in [-0.4, -0.2) is 0 Å². The largest absolute Gasteiger partial charge is 0.0683 e. The molecular formula is C15H34. The molecule has 94 valence electrons. The van der Waals surface area contributed by atoms with Crippen molar-refractivity contribution in [1.29, 1.82) is 0 Å². The molecule has 0 atom stereocenters. The van der Waals surface area contributed by atoms with Gasteiger partial charge in [0, 0.05) is 0 Å². The first-order valence-electron chi connectivity index (χ1n) is 6.71. The summed E-state index contributed by atoms with van der Waals surface area (Å²) < 4.78 is 0. The van der Waals surface area contributed by atoms with Crippen LogP contribution in [-0.2, 0) is 0 Å². The van der Waals surface area contributed by atoms with Crippen molar-refractivity contribution in [2.24, 2.45) is 10.8 Å². The van der Waals surface area contributed by atoms with Crippen molar-refractivity contribution < 1.29 is 0 Å². The normalized spacial score (nSPS) is 19.2. The molecule has 0 bridgehead atoms. The van der Waals surface area contributed by atoms with Crippen molar-refractivity contribution in [2.45, 2.75) is 87.5 Å². The van der Waals surface area contributed by atoms with Gasteiger partial charge in [-0.1, -0.05) is 74.7 Å². The summed E-state index contributed by atoms with van der Waals surface area (Å²) in [6.07, 6.45) is 7.31. The van der Waals surface area contributed by atoms with Gasteiger partial charge in [-0.05, 0) is 23.7 Å². The van der Waals surface area contributed by atoms with Gasteiger partial charge in [0.2, 0.25) is 0 Å². The van der Waals surface area contributed by atoms with E-state index in [-0.39, 0.29) is 0 Å². The quantitative estimate of drug-likeness (QED) is 0.460. The highest BCUT2D eigenvalue weighted by Crippen LogP contribution is 2.34. The molecule has 0 saturated heterocycles. The summed E-state index contributed by atoms with van der Waals surface area (Å²) in [5, 5.41) is 0. The second kappa shape index (κ2) is 8.19. The topological polar surface area (TPSA) is 0 Å². The van der Waals surface area contributed by atoms with Crippen LogP contribution in [0.25, 0.3) is 0 Å². The summed E-state index contributed by atoms with van der Waals surface area (Å²) in [4.78, 5) is 0. The van der Waals surface area contributed by atoms with E-state index in [9.17, 15) is 0 Å². The maximum Gasteiger partial charge on any atom is -0.0354 e. The van der Waals surface area contributed by atoms with E-state index in [0.717, 1.165) is 0 Å². The molecule has 1 aliphatic rings. The van der Waals surface area contributed by atoms with Crippen LogP contribution in [0.1, 0.15) is 87.5 Å². The van der Waals surface area contributed by atoms with Crippen LogP contribution >= 0.6 is 0 Å². The van der Waals surface area contributed by atoms with Crippen LogP contribution in [0.3, 0.4) is 0 Å². The summed E-state index contributed by atoms with van der Waals surface area (Å²) in [6.45, 7) is 17.5. The van der Waals surface area contributed by atoms with Gasteiger partial charge in [0.05, 0.1) is 0 Å². The number of hydrogen-bond donors (Lipinski definition) is 0. The molecule has 0 aromatic carbocycles. The average Bonchev–Trinajstić information content (AvgIpc) is 2.04. The minimum Gasteiger partial charge on any atom is -0.0683 e. The number of rotatable bonds is 0. The molecule has 0 spiro atoms. The molecule has 0 heteroatoms.